The molecule has 0 unspecified atom stereocenters. The summed E-state index contributed by atoms with van der Waals surface area (Å²) in [5.74, 6) is 0.553. The lowest BCUT2D eigenvalue weighted by Gasteiger charge is -2.04. The minimum atomic E-state index is 0.0798. The Morgan fingerprint density at radius 2 is 2.11 bits per heavy atom. The van der Waals surface area contributed by atoms with Gasteiger partial charge in [0.25, 0.3) is 0 Å². The molecule has 2 aromatic heterocycles. The van der Waals surface area contributed by atoms with Crippen molar-refractivity contribution in [2.24, 2.45) is 7.05 Å². The second kappa shape index (κ2) is 4.22. The molecule has 2 N–H and O–H groups in total. The van der Waals surface area contributed by atoms with Crippen LogP contribution in [0.4, 0.5) is 5.69 Å². The predicted octanol–water partition coefficient (Wildman–Crippen LogP) is 0.494. The molecule has 0 amide bonds. The van der Waals surface area contributed by atoms with Crippen molar-refractivity contribution >= 4 is 5.69 Å². The van der Waals surface area contributed by atoms with Gasteiger partial charge in [-0.05, 0) is 6.42 Å². The Balaban J connectivity index is 2.71. The summed E-state index contributed by atoms with van der Waals surface area (Å²) in [6.45, 7) is 1.95. The zero-order valence-corrected chi connectivity index (χ0v) is 10.0. The van der Waals surface area contributed by atoms with E-state index in [0.717, 1.165) is 5.69 Å². The third-order valence-corrected chi connectivity index (χ3v) is 2.67. The summed E-state index contributed by atoms with van der Waals surface area (Å²) in [6, 6.07) is 3.83. The Morgan fingerprint density at radius 3 is 2.61 bits per heavy atom. The number of hydrogen-bond acceptors (Lipinski definition) is 5. The molecule has 18 heavy (non-hydrogen) atoms. The van der Waals surface area contributed by atoms with Crippen molar-refractivity contribution in [2.75, 3.05) is 5.73 Å². The molecule has 0 bridgehead atoms. The van der Waals surface area contributed by atoms with Crippen LogP contribution in [0.3, 0.4) is 0 Å². The van der Waals surface area contributed by atoms with Gasteiger partial charge in [-0.15, -0.1) is 0 Å². The Labute approximate surface area is 104 Å². The first-order valence-corrected chi connectivity index (χ1v) is 5.33. The van der Waals surface area contributed by atoms with Crippen LogP contribution in [0.5, 0.6) is 0 Å². The first kappa shape index (κ1) is 11.7. The summed E-state index contributed by atoms with van der Waals surface area (Å²) in [5.41, 5.74) is 7.49. The molecular formula is C11H11N7. The maximum absolute atomic E-state index is 9.09. The highest BCUT2D eigenvalue weighted by atomic mass is 15.3. The standard InChI is InChI=1S/C11H11N7/c1-3-7-10(14)11(17(2)16-7)18-6-15-8(4-12)9(18)5-13/h6H,3,14H2,1-2H3. The van der Waals surface area contributed by atoms with Crippen LogP contribution >= 0.6 is 0 Å². The Hall–Kier alpha value is -2.80. The van der Waals surface area contributed by atoms with Gasteiger partial charge in [0.15, 0.2) is 17.2 Å². The van der Waals surface area contributed by atoms with Gasteiger partial charge >= 0.3 is 0 Å². The monoisotopic (exact) mass is 241 g/mol. The molecule has 90 valence electrons. The number of anilines is 1. The molecule has 0 aliphatic rings. The average molecular weight is 241 g/mol. The molecule has 2 rings (SSSR count). The van der Waals surface area contributed by atoms with Gasteiger partial charge in [0, 0.05) is 7.05 Å². The fourth-order valence-electron chi connectivity index (χ4n) is 1.83. The molecule has 0 aliphatic heterocycles. The fourth-order valence-corrected chi connectivity index (χ4v) is 1.83. The van der Waals surface area contributed by atoms with E-state index in [9.17, 15) is 0 Å². The second-order valence-electron chi connectivity index (χ2n) is 3.70. The third-order valence-electron chi connectivity index (χ3n) is 2.67. The van der Waals surface area contributed by atoms with E-state index in [1.54, 1.807) is 11.7 Å². The van der Waals surface area contributed by atoms with Crippen molar-refractivity contribution in [1.82, 2.24) is 19.3 Å². The predicted molar refractivity (Wildman–Crippen MR) is 63.6 cm³/mol. The van der Waals surface area contributed by atoms with Gasteiger partial charge in [-0.1, -0.05) is 6.92 Å². The molecule has 0 spiro atoms. The number of aromatic nitrogens is 4. The van der Waals surface area contributed by atoms with Crippen molar-refractivity contribution in [3.8, 4) is 18.0 Å². The number of rotatable bonds is 2. The highest BCUT2D eigenvalue weighted by Crippen LogP contribution is 2.23. The maximum atomic E-state index is 9.09. The number of nitrogens with two attached hydrogens (primary N) is 1. The maximum Gasteiger partial charge on any atom is 0.177 e. The molecule has 7 heteroatoms. The van der Waals surface area contributed by atoms with E-state index >= 15 is 0 Å². The van der Waals surface area contributed by atoms with Crippen LogP contribution in [0.2, 0.25) is 0 Å². The molecule has 0 saturated heterocycles. The molecule has 0 aromatic carbocycles. The molecule has 2 aromatic rings. The summed E-state index contributed by atoms with van der Waals surface area (Å²) in [5, 5.41) is 22.2. The topological polar surface area (TPSA) is 109 Å². The van der Waals surface area contributed by atoms with E-state index in [0.29, 0.717) is 17.9 Å². The van der Waals surface area contributed by atoms with Crippen LogP contribution in [-0.4, -0.2) is 19.3 Å². The van der Waals surface area contributed by atoms with Crippen LogP contribution in [0.1, 0.15) is 24.0 Å². The molecule has 0 fully saturated rings. The number of nitrogens with zero attached hydrogens (tertiary/aromatic N) is 6. The number of hydrogen-bond donors (Lipinski definition) is 1. The van der Waals surface area contributed by atoms with Crippen LogP contribution in [0, 0.1) is 22.7 Å². The molecule has 0 aliphatic carbocycles. The molecule has 0 saturated carbocycles. The Bertz CT molecular complexity index is 678. The number of nitrogen functional groups attached to an aromatic ring is 1. The summed E-state index contributed by atoms with van der Waals surface area (Å²) in [6.07, 6.45) is 2.10. The van der Waals surface area contributed by atoms with Crippen LogP contribution in [0.25, 0.3) is 5.82 Å². The first-order chi connectivity index (χ1) is 8.63. The Morgan fingerprint density at radius 1 is 1.39 bits per heavy atom. The van der Waals surface area contributed by atoms with Crippen molar-refractivity contribution in [3.05, 3.63) is 23.4 Å². The minimum absolute atomic E-state index is 0.0798. The van der Waals surface area contributed by atoms with Crippen LogP contribution in [0.15, 0.2) is 6.33 Å². The molecule has 2 heterocycles. The van der Waals surface area contributed by atoms with Crippen molar-refractivity contribution in [1.29, 1.82) is 10.5 Å². The molecule has 0 radical (unpaired) electrons. The van der Waals surface area contributed by atoms with E-state index < -0.39 is 0 Å². The van der Waals surface area contributed by atoms with E-state index in [-0.39, 0.29) is 11.4 Å². The normalized spacial score (nSPS) is 10.0. The van der Waals surface area contributed by atoms with Gasteiger partial charge in [-0.2, -0.15) is 15.6 Å². The van der Waals surface area contributed by atoms with Gasteiger partial charge in [-0.25, -0.2) is 9.67 Å². The lowest BCUT2D eigenvalue weighted by atomic mass is 10.3. The van der Waals surface area contributed by atoms with E-state index in [2.05, 4.69) is 10.1 Å². The van der Waals surface area contributed by atoms with Gasteiger partial charge in [-0.3, -0.25) is 4.57 Å². The van der Waals surface area contributed by atoms with Crippen molar-refractivity contribution in [3.63, 3.8) is 0 Å². The zero-order chi connectivity index (χ0) is 13.3. The first-order valence-electron chi connectivity index (χ1n) is 5.33. The summed E-state index contributed by atoms with van der Waals surface area (Å²) in [7, 11) is 1.73. The second-order valence-corrected chi connectivity index (χ2v) is 3.70. The summed E-state index contributed by atoms with van der Waals surface area (Å²) < 4.78 is 3.07. The van der Waals surface area contributed by atoms with Crippen molar-refractivity contribution < 1.29 is 0 Å². The van der Waals surface area contributed by atoms with Crippen LogP contribution in [-0.2, 0) is 13.5 Å². The number of aryl methyl sites for hydroxylation is 2. The Kier molecular flexibility index (Phi) is 2.74. The smallest absolute Gasteiger partial charge is 0.177 e. The van der Waals surface area contributed by atoms with Crippen molar-refractivity contribution in [2.45, 2.75) is 13.3 Å². The van der Waals surface area contributed by atoms with Gasteiger partial charge < -0.3 is 5.73 Å². The largest absolute Gasteiger partial charge is 0.394 e. The highest BCUT2D eigenvalue weighted by molar-refractivity contribution is 5.59. The SMILES string of the molecule is CCc1nn(C)c(-n2cnc(C#N)c2C#N)c1N. The van der Waals surface area contributed by atoms with Crippen LogP contribution < -0.4 is 5.73 Å². The summed E-state index contributed by atoms with van der Waals surface area (Å²) in [4.78, 5) is 3.88. The van der Waals surface area contributed by atoms with E-state index in [1.807, 2.05) is 19.1 Å². The number of imidazole rings is 1. The van der Waals surface area contributed by atoms with Gasteiger partial charge in [0.1, 0.15) is 18.5 Å². The van der Waals surface area contributed by atoms with Gasteiger partial charge in [0.05, 0.1) is 11.4 Å². The zero-order valence-electron chi connectivity index (χ0n) is 10.0. The highest BCUT2D eigenvalue weighted by Gasteiger charge is 2.19. The van der Waals surface area contributed by atoms with Gasteiger partial charge in [0.2, 0.25) is 0 Å². The molecular weight excluding hydrogens is 230 g/mol. The molecule has 0 atom stereocenters. The van der Waals surface area contributed by atoms with E-state index in [1.165, 1.54) is 10.9 Å². The minimum Gasteiger partial charge on any atom is -0.394 e. The fraction of sp³-hybridized carbons (Fsp3) is 0.273. The average Bonchev–Trinajstić information content (AvgIpc) is 2.89. The summed E-state index contributed by atoms with van der Waals surface area (Å²) >= 11 is 0. The lowest BCUT2D eigenvalue weighted by molar-refractivity contribution is 0.713. The number of nitriles is 2. The molecule has 7 nitrogen and oxygen atoms in total. The quantitative estimate of drug-likeness (QED) is 0.822. The lowest BCUT2D eigenvalue weighted by Crippen LogP contribution is -2.06. The third kappa shape index (κ3) is 1.50. The van der Waals surface area contributed by atoms with E-state index in [4.69, 9.17) is 16.3 Å².